The van der Waals surface area contributed by atoms with Gasteiger partial charge in [0.2, 0.25) is 11.8 Å². The van der Waals surface area contributed by atoms with Gasteiger partial charge in [-0.25, -0.2) is 0 Å². The van der Waals surface area contributed by atoms with E-state index in [0.717, 1.165) is 0 Å². The number of hydrogen-bond acceptors (Lipinski definition) is 4. The van der Waals surface area contributed by atoms with Crippen molar-refractivity contribution in [2.24, 2.45) is 18.5 Å². The highest BCUT2D eigenvalue weighted by Gasteiger charge is 1.95. The second-order valence-electron chi connectivity index (χ2n) is 2.02. The number of anilines is 1. The molecular formula is C5H12N6O. The van der Waals surface area contributed by atoms with Gasteiger partial charge in [-0.2, -0.15) is 4.98 Å². The molecule has 7 heteroatoms. The molecule has 0 unspecified atom stereocenters. The van der Waals surface area contributed by atoms with Gasteiger partial charge in [0.05, 0.1) is 6.20 Å². The molecule has 1 heterocycles. The average molecular weight is 172 g/mol. The summed E-state index contributed by atoms with van der Waals surface area (Å²) in [6.07, 6.45) is 1.44. The second kappa shape index (κ2) is 4.06. The minimum Gasteiger partial charge on any atom is -0.492 e. The summed E-state index contributed by atoms with van der Waals surface area (Å²) in [5, 5.41) is 14.7. The first-order valence-corrected chi connectivity index (χ1v) is 3.00. The largest absolute Gasteiger partial charge is 0.492 e. The lowest BCUT2D eigenvalue weighted by Gasteiger charge is -1.86. The molecule has 0 aromatic carbocycles. The number of nitrogen functional groups attached to an aromatic ring is 1. The van der Waals surface area contributed by atoms with Gasteiger partial charge < -0.3 is 26.9 Å². The van der Waals surface area contributed by atoms with Crippen molar-refractivity contribution in [3.05, 3.63) is 6.20 Å². The summed E-state index contributed by atoms with van der Waals surface area (Å²) >= 11 is 0. The van der Waals surface area contributed by atoms with Crippen molar-refractivity contribution >= 4 is 11.9 Å². The highest BCUT2D eigenvalue weighted by Crippen LogP contribution is 2.06. The maximum Gasteiger partial charge on any atom is 0.230 e. The van der Waals surface area contributed by atoms with Gasteiger partial charge in [0.25, 0.3) is 0 Å². The van der Waals surface area contributed by atoms with Gasteiger partial charge in [-0.15, -0.1) is 0 Å². The van der Waals surface area contributed by atoms with Gasteiger partial charge >= 0.3 is 0 Å². The third-order valence-corrected chi connectivity index (χ3v) is 0.900. The van der Waals surface area contributed by atoms with E-state index in [0.29, 0.717) is 5.95 Å². The van der Waals surface area contributed by atoms with Crippen LogP contribution in [0.25, 0.3) is 0 Å². The van der Waals surface area contributed by atoms with E-state index in [1.165, 1.54) is 10.8 Å². The first-order chi connectivity index (χ1) is 5.43. The zero-order valence-electron chi connectivity index (χ0n) is 6.65. The van der Waals surface area contributed by atoms with Crippen LogP contribution >= 0.6 is 0 Å². The second-order valence-corrected chi connectivity index (χ2v) is 2.02. The molecule has 0 aliphatic carbocycles. The summed E-state index contributed by atoms with van der Waals surface area (Å²) in [5.41, 5.74) is 14.2. The lowest BCUT2D eigenvalue weighted by molar-refractivity contribution is 0.456. The zero-order valence-corrected chi connectivity index (χ0v) is 6.65. The van der Waals surface area contributed by atoms with Crippen LogP contribution in [0.2, 0.25) is 0 Å². The Balaban J connectivity index is 0.000000261. The van der Waals surface area contributed by atoms with E-state index < -0.39 is 0 Å². The summed E-state index contributed by atoms with van der Waals surface area (Å²) in [5.74, 6) is -0.0486. The number of rotatable bonds is 0. The van der Waals surface area contributed by atoms with Crippen LogP contribution in [-0.4, -0.2) is 20.6 Å². The monoisotopic (exact) mass is 172 g/mol. The Bertz CT molecular complexity index is 243. The molecule has 0 aliphatic heterocycles. The average Bonchev–Trinajstić information content (AvgIpc) is 2.08. The van der Waals surface area contributed by atoms with Gasteiger partial charge in [0.15, 0.2) is 5.96 Å². The number of hydrogen-bond donors (Lipinski definition) is 5. The van der Waals surface area contributed by atoms with Crippen LogP contribution in [0, 0.1) is 5.41 Å². The molecule has 1 aromatic heterocycles. The van der Waals surface area contributed by atoms with Crippen molar-refractivity contribution in [3.63, 3.8) is 0 Å². The van der Waals surface area contributed by atoms with E-state index in [4.69, 9.17) is 16.2 Å². The third-order valence-electron chi connectivity index (χ3n) is 0.900. The molecule has 1 rings (SSSR count). The summed E-state index contributed by atoms with van der Waals surface area (Å²) in [4.78, 5) is 3.51. The van der Waals surface area contributed by atoms with Crippen molar-refractivity contribution in [1.82, 2.24) is 9.55 Å². The molecule has 0 amide bonds. The lowest BCUT2D eigenvalue weighted by atomic mass is 10.8. The Morgan fingerprint density at radius 2 is 2.08 bits per heavy atom. The molecule has 0 saturated heterocycles. The van der Waals surface area contributed by atoms with Crippen LogP contribution in [0.5, 0.6) is 5.88 Å². The minimum atomic E-state index is -0.333. The van der Waals surface area contributed by atoms with Gasteiger partial charge in [0.1, 0.15) is 0 Å². The number of aryl methyl sites for hydroxylation is 1. The first-order valence-electron chi connectivity index (χ1n) is 3.00. The van der Waals surface area contributed by atoms with Gasteiger partial charge in [-0.3, -0.25) is 5.41 Å². The van der Waals surface area contributed by atoms with Crippen molar-refractivity contribution in [1.29, 1.82) is 5.41 Å². The fourth-order valence-corrected chi connectivity index (χ4v) is 0.464. The number of nitrogens with one attached hydrogen (secondary N) is 1. The topological polar surface area (TPSA) is 140 Å². The van der Waals surface area contributed by atoms with Crippen LogP contribution in [0.4, 0.5) is 5.95 Å². The molecule has 0 radical (unpaired) electrons. The fourth-order valence-electron chi connectivity index (χ4n) is 0.464. The molecule has 0 saturated carbocycles. The molecular weight excluding hydrogens is 160 g/mol. The van der Waals surface area contributed by atoms with Crippen molar-refractivity contribution in [3.8, 4) is 5.88 Å². The van der Waals surface area contributed by atoms with Gasteiger partial charge in [-0.1, -0.05) is 0 Å². The number of aromatic hydroxyl groups is 1. The van der Waals surface area contributed by atoms with Crippen LogP contribution in [0.15, 0.2) is 6.20 Å². The van der Waals surface area contributed by atoms with E-state index in [-0.39, 0.29) is 11.8 Å². The quantitative estimate of drug-likeness (QED) is 0.240. The number of nitrogens with zero attached hydrogens (tertiary/aromatic N) is 2. The Morgan fingerprint density at radius 3 is 2.17 bits per heavy atom. The molecule has 0 fully saturated rings. The first kappa shape index (κ1) is 10.1. The molecule has 12 heavy (non-hydrogen) atoms. The Kier molecular flexibility index (Phi) is 3.41. The van der Waals surface area contributed by atoms with Crippen LogP contribution in [0.1, 0.15) is 0 Å². The molecule has 7 nitrogen and oxygen atoms in total. The zero-order chi connectivity index (χ0) is 9.72. The number of imidazole rings is 1. The number of guanidine groups is 1. The predicted octanol–water partition coefficient (Wildman–Crippen LogP) is -1.45. The molecule has 1 aromatic rings. The SMILES string of the molecule is Cn1cc(O)nc1N.N=C(N)N. The predicted molar refractivity (Wildman–Crippen MR) is 45.4 cm³/mol. The molecule has 0 atom stereocenters. The highest BCUT2D eigenvalue weighted by atomic mass is 16.3. The number of nitrogens with two attached hydrogens (primary N) is 3. The van der Waals surface area contributed by atoms with Gasteiger partial charge in [0, 0.05) is 7.05 Å². The Labute approximate surface area is 69.3 Å². The smallest absolute Gasteiger partial charge is 0.230 e. The third kappa shape index (κ3) is 3.99. The van der Waals surface area contributed by atoms with Crippen LogP contribution in [0.3, 0.4) is 0 Å². The van der Waals surface area contributed by atoms with Crippen LogP contribution < -0.4 is 17.2 Å². The highest BCUT2D eigenvalue weighted by molar-refractivity contribution is 5.71. The molecule has 0 spiro atoms. The van der Waals surface area contributed by atoms with Gasteiger partial charge in [-0.05, 0) is 0 Å². The maximum atomic E-state index is 8.62. The van der Waals surface area contributed by atoms with Crippen molar-refractivity contribution in [2.45, 2.75) is 0 Å². The standard InChI is InChI=1S/C4H7N3O.CH5N3/c1-7-2-3(8)6-4(7)5;2-1(3)4/h2,8H,1H3,(H2,5,6);(H5,2,3,4). The summed E-state index contributed by atoms with van der Waals surface area (Å²) in [7, 11) is 1.71. The fraction of sp³-hybridized carbons (Fsp3) is 0.200. The lowest BCUT2D eigenvalue weighted by Crippen LogP contribution is -2.20. The molecule has 0 aliphatic rings. The molecule has 8 N–H and O–H groups in total. The Morgan fingerprint density at radius 1 is 1.67 bits per heavy atom. The molecule has 68 valence electrons. The van der Waals surface area contributed by atoms with E-state index in [1.54, 1.807) is 7.05 Å². The summed E-state index contributed by atoms with van der Waals surface area (Å²) in [6, 6.07) is 0. The van der Waals surface area contributed by atoms with Crippen LogP contribution in [-0.2, 0) is 7.05 Å². The summed E-state index contributed by atoms with van der Waals surface area (Å²) < 4.78 is 1.54. The normalized spacial score (nSPS) is 8.42. The van der Waals surface area contributed by atoms with E-state index in [1.807, 2.05) is 0 Å². The molecule has 0 bridgehead atoms. The maximum absolute atomic E-state index is 8.62. The number of aromatic nitrogens is 2. The van der Waals surface area contributed by atoms with E-state index >= 15 is 0 Å². The van der Waals surface area contributed by atoms with Crippen molar-refractivity contribution in [2.75, 3.05) is 5.73 Å². The minimum absolute atomic E-state index is 0.0370. The van der Waals surface area contributed by atoms with E-state index in [9.17, 15) is 0 Å². The van der Waals surface area contributed by atoms with E-state index in [2.05, 4.69) is 16.5 Å². The summed E-state index contributed by atoms with van der Waals surface area (Å²) in [6.45, 7) is 0. The Hall–Kier alpha value is -1.92. The van der Waals surface area contributed by atoms with Crippen molar-refractivity contribution < 1.29 is 5.11 Å².